The van der Waals surface area contributed by atoms with Gasteiger partial charge in [-0.25, -0.2) is 9.97 Å². The zero-order chi connectivity index (χ0) is 34.9. The lowest BCUT2D eigenvalue weighted by molar-refractivity contribution is 0.621. The molecule has 0 atom stereocenters. The maximum Gasteiger partial charge on any atom is 0.238 e. The van der Waals surface area contributed by atoms with Crippen LogP contribution >= 0.6 is 11.3 Å². The Kier molecular flexibility index (Phi) is 6.62. The minimum Gasteiger partial charge on any atom is -0.436 e. The Bertz CT molecular complexity index is 3090. The van der Waals surface area contributed by atoms with Crippen molar-refractivity contribution in [3.05, 3.63) is 164 Å². The van der Waals surface area contributed by atoms with Crippen molar-refractivity contribution in [1.29, 1.82) is 0 Å². The van der Waals surface area contributed by atoms with Crippen LogP contribution in [0, 0.1) is 0 Å². The molecule has 11 rings (SSSR count). The molecule has 0 radical (unpaired) electrons. The molecule has 7 aromatic carbocycles. The first-order valence-electron chi connectivity index (χ1n) is 17.5. The van der Waals surface area contributed by atoms with E-state index in [0.717, 1.165) is 80.9 Å². The van der Waals surface area contributed by atoms with Gasteiger partial charge in [0.1, 0.15) is 5.52 Å². The minimum absolute atomic E-state index is 0.572. The molecule has 0 bridgehead atoms. The minimum atomic E-state index is 0.572. The Morgan fingerprint density at radius 2 is 1.06 bits per heavy atom. The van der Waals surface area contributed by atoms with Gasteiger partial charge in [-0.3, -0.25) is 4.57 Å². The molecule has 53 heavy (non-hydrogen) atoms. The van der Waals surface area contributed by atoms with E-state index in [1.54, 1.807) is 11.3 Å². The summed E-state index contributed by atoms with van der Waals surface area (Å²) in [6, 6.07) is 56.2. The maximum atomic E-state index is 6.49. The van der Waals surface area contributed by atoms with Gasteiger partial charge in [-0.15, -0.1) is 11.3 Å². The van der Waals surface area contributed by atoms with Crippen LogP contribution in [-0.4, -0.2) is 24.5 Å². The van der Waals surface area contributed by atoms with Crippen LogP contribution in [0.5, 0.6) is 0 Å². The zero-order valence-electron chi connectivity index (χ0n) is 28.1. The fourth-order valence-corrected chi connectivity index (χ4v) is 8.88. The summed E-state index contributed by atoms with van der Waals surface area (Å²) in [7, 11) is 0. The second kappa shape index (κ2) is 11.8. The Morgan fingerprint density at radius 3 is 1.81 bits per heavy atom. The van der Waals surface area contributed by atoms with Crippen molar-refractivity contribution in [2.75, 3.05) is 0 Å². The molecule has 0 fully saturated rings. The van der Waals surface area contributed by atoms with Crippen LogP contribution in [0.1, 0.15) is 0 Å². The number of hydrogen-bond donors (Lipinski definition) is 0. The first-order chi connectivity index (χ1) is 26.3. The third-order valence-corrected chi connectivity index (χ3v) is 11.2. The molecule has 0 unspecified atom stereocenters. The van der Waals surface area contributed by atoms with Gasteiger partial charge in [-0.05, 0) is 41.5 Å². The summed E-state index contributed by atoms with van der Waals surface area (Å²) < 4.78 is 10.8. The molecular weight excluding hydrogens is 671 g/mol. The van der Waals surface area contributed by atoms with E-state index in [4.69, 9.17) is 24.4 Å². The molecule has 0 spiro atoms. The third kappa shape index (κ3) is 4.71. The summed E-state index contributed by atoms with van der Waals surface area (Å²) in [5, 5.41) is 4.56. The van der Waals surface area contributed by atoms with Gasteiger partial charge in [0.25, 0.3) is 0 Å². The van der Waals surface area contributed by atoms with Crippen molar-refractivity contribution in [1.82, 2.24) is 24.5 Å². The lowest BCUT2D eigenvalue weighted by Crippen LogP contribution is -2.06. The topological polar surface area (TPSA) is 69.6 Å². The molecule has 0 amide bonds. The molecule has 248 valence electrons. The number of hydrogen-bond acceptors (Lipinski definition) is 6. The van der Waals surface area contributed by atoms with Gasteiger partial charge >= 0.3 is 0 Å². The fourth-order valence-electron chi connectivity index (χ4n) is 7.53. The van der Waals surface area contributed by atoms with E-state index in [1.807, 2.05) is 60.7 Å². The molecule has 0 aliphatic rings. The molecule has 0 N–H and O–H groups in total. The summed E-state index contributed by atoms with van der Waals surface area (Å²) in [6.07, 6.45) is 0. The van der Waals surface area contributed by atoms with Crippen molar-refractivity contribution in [2.45, 2.75) is 0 Å². The first kappa shape index (κ1) is 29.7. The quantitative estimate of drug-likeness (QED) is 0.179. The number of rotatable bonds is 5. The van der Waals surface area contributed by atoms with Gasteiger partial charge in [0.05, 0.1) is 16.6 Å². The number of benzene rings is 7. The third-order valence-electron chi connectivity index (χ3n) is 9.94. The predicted octanol–water partition coefficient (Wildman–Crippen LogP) is 12.1. The van der Waals surface area contributed by atoms with Gasteiger partial charge in [0.2, 0.25) is 11.8 Å². The first-order valence-corrected chi connectivity index (χ1v) is 18.3. The number of para-hydroxylation sites is 4. The number of aromatic nitrogens is 5. The van der Waals surface area contributed by atoms with Gasteiger partial charge in [-0.2, -0.15) is 9.97 Å². The highest BCUT2D eigenvalue weighted by molar-refractivity contribution is 7.27. The molecule has 0 aliphatic carbocycles. The van der Waals surface area contributed by atoms with Crippen LogP contribution < -0.4 is 0 Å². The average Bonchev–Trinajstić information content (AvgIpc) is 3.93. The fraction of sp³-hybridized carbons (Fsp3) is 0. The Hall–Kier alpha value is -6.96. The van der Waals surface area contributed by atoms with E-state index in [9.17, 15) is 0 Å². The summed E-state index contributed by atoms with van der Waals surface area (Å²) in [4.78, 5) is 20.6. The Labute approximate surface area is 307 Å². The van der Waals surface area contributed by atoms with E-state index in [1.165, 1.54) is 0 Å². The molecule has 4 aromatic heterocycles. The number of fused-ring (bicyclic) bond motifs is 7. The molecule has 4 heterocycles. The largest absolute Gasteiger partial charge is 0.436 e. The number of thiophene rings is 1. The summed E-state index contributed by atoms with van der Waals surface area (Å²) >= 11 is 1.73. The lowest BCUT2D eigenvalue weighted by Gasteiger charge is -2.11. The van der Waals surface area contributed by atoms with Crippen molar-refractivity contribution in [3.63, 3.8) is 0 Å². The highest BCUT2D eigenvalue weighted by Gasteiger charge is 2.23. The summed E-state index contributed by atoms with van der Waals surface area (Å²) in [6.45, 7) is 0. The van der Waals surface area contributed by atoms with Crippen molar-refractivity contribution in [3.8, 4) is 51.3 Å². The van der Waals surface area contributed by atoms with Crippen LogP contribution in [0.2, 0.25) is 0 Å². The van der Waals surface area contributed by atoms with E-state index < -0.39 is 0 Å². The van der Waals surface area contributed by atoms with E-state index in [0.29, 0.717) is 23.5 Å². The molecule has 0 saturated heterocycles. The average molecular weight is 698 g/mol. The van der Waals surface area contributed by atoms with Crippen LogP contribution in [0.15, 0.2) is 168 Å². The van der Waals surface area contributed by atoms with E-state index in [2.05, 4.69) is 108 Å². The molecule has 0 aliphatic heterocycles. The smallest absolute Gasteiger partial charge is 0.238 e. The van der Waals surface area contributed by atoms with E-state index >= 15 is 0 Å². The second-order valence-electron chi connectivity index (χ2n) is 13.0. The molecule has 11 aromatic rings. The Balaban J connectivity index is 1.20. The van der Waals surface area contributed by atoms with Gasteiger partial charge in [-0.1, -0.05) is 133 Å². The highest BCUT2D eigenvalue weighted by atomic mass is 32.1. The molecule has 6 nitrogen and oxygen atoms in total. The highest BCUT2D eigenvalue weighted by Crippen LogP contribution is 2.47. The zero-order valence-corrected chi connectivity index (χ0v) is 29.0. The van der Waals surface area contributed by atoms with Crippen molar-refractivity contribution in [2.24, 2.45) is 0 Å². The molecular formula is C46H27N5OS. The monoisotopic (exact) mass is 697 g/mol. The molecule has 0 saturated carbocycles. The van der Waals surface area contributed by atoms with Gasteiger partial charge in [0, 0.05) is 42.1 Å². The van der Waals surface area contributed by atoms with Gasteiger partial charge < -0.3 is 4.42 Å². The summed E-state index contributed by atoms with van der Waals surface area (Å²) in [5.74, 6) is 2.40. The molecule has 7 heteroatoms. The van der Waals surface area contributed by atoms with Crippen LogP contribution in [0.4, 0.5) is 0 Å². The van der Waals surface area contributed by atoms with Crippen LogP contribution in [0.25, 0.3) is 104 Å². The number of oxazole rings is 1. The number of nitrogens with zero attached hydrogens (tertiary/aromatic N) is 5. The van der Waals surface area contributed by atoms with Gasteiger partial charge in [0.15, 0.2) is 17.2 Å². The SMILES string of the molecule is c1ccc(-c2nc(-c3cccc4c3sc3c(-c5nc6ccccc6o5)c(-c5ccccc5)ccc34)nc(-n3c4ccccc4c4ccccc43)n2)cc1. The van der Waals surface area contributed by atoms with Crippen molar-refractivity contribution >= 4 is 64.4 Å². The maximum absolute atomic E-state index is 6.49. The predicted molar refractivity (Wildman–Crippen MR) is 216 cm³/mol. The lowest BCUT2D eigenvalue weighted by atomic mass is 9.97. The summed E-state index contributed by atoms with van der Waals surface area (Å²) in [5.41, 5.74) is 8.69. The van der Waals surface area contributed by atoms with Crippen LogP contribution in [0.3, 0.4) is 0 Å². The Morgan fingerprint density at radius 1 is 0.434 bits per heavy atom. The van der Waals surface area contributed by atoms with E-state index in [-0.39, 0.29) is 0 Å². The van der Waals surface area contributed by atoms with Crippen LogP contribution in [-0.2, 0) is 0 Å². The normalized spacial score (nSPS) is 11.8. The second-order valence-corrected chi connectivity index (χ2v) is 14.0. The van der Waals surface area contributed by atoms with Crippen molar-refractivity contribution < 1.29 is 4.42 Å². The standard InChI is InChI=1S/C46H27N5OS/c1-3-14-28(15-4-1)30-26-27-34-33-20-13-21-35(41(33)53-42(34)40(30)45-47-36-22-9-12-25-39(36)52-45)44-48-43(29-16-5-2-6-17-29)49-46(50-44)51-37-23-10-7-18-31(37)32-19-8-11-24-38(32)51/h1-27H.